The number of unbranched alkanes of at least 4 members (excludes halogenated alkanes) is 36. The zero-order chi connectivity index (χ0) is 54.8. The van der Waals surface area contributed by atoms with Crippen LogP contribution in [0.5, 0.6) is 0 Å². The molecule has 9 nitrogen and oxygen atoms in total. The van der Waals surface area contributed by atoms with E-state index in [-0.39, 0.29) is 38.6 Å². The fraction of sp³-hybridized carbons (Fsp3) is 0.833. The van der Waals surface area contributed by atoms with Crippen molar-refractivity contribution in [3.05, 3.63) is 48.6 Å². The fourth-order valence-electron chi connectivity index (χ4n) is 9.13. The molecule has 0 saturated carbocycles. The second-order valence-corrected chi connectivity index (χ2v) is 22.7. The van der Waals surface area contributed by atoms with Crippen molar-refractivity contribution >= 4 is 17.9 Å². The molecule has 0 amide bonds. The Labute approximate surface area is 463 Å². The maximum absolute atomic E-state index is 12.9. The minimum Gasteiger partial charge on any atom is -0.545 e. The smallest absolute Gasteiger partial charge is 0.306 e. The van der Waals surface area contributed by atoms with E-state index in [0.29, 0.717) is 17.4 Å². The van der Waals surface area contributed by atoms with Gasteiger partial charge in [-0.1, -0.05) is 255 Å². The third kappa shape index (κ3) is 58.8. The quantitative estimate of drug-likeness (QED) is 0.0195. The lowest BCUT2D eigenvalue weighted by Crippen LogP contribution is -2.44. The fourth-order valence-corrected chi connectivity index (χ4v) is 9.13. The Morgan fingerprint density at radius 3 is 1.09 bits per heavy atom. The van der Waals surface area contributed by atoms with Gasteiger partial charge in [0.05, 0.1) is 40.3 Å². The normalized spacial score (nSPS) is 13.0. The first-order valence-corrected chi connectivity index (χ1v) is 31.8. The first-order chi connectivity index (χ1) is 36.6. The third-order valence-electron chi connectivity index (χ3n) is 14.0. The molecule has 0 radical (unpaired) electrons. The lowest BCUT2D eigenvalue weighted by Gasteiger charge is -2.26. The van der Waals surface area contributed by atoms with Gasteiger partial charge in [-0.2, -0.15) is 0 Å². The summed E-state index contributed by atoms with van der Waals surface area (Å²) in [4.78, 5) is 37.2. The average molecular weight is 1060 g/mol. The van der Waals surface area contributed by atoms with Crippen molar-refractivity contribution in [2.75, 3.05) is 47.5 Å². The summed E-state index contributed by atoms with van der Waals surface area (Å²) >= 11 is 0. The Kier molecular flexibility index (Phi) is 55.3. The van der Waals surface area contributed by atoms with Crippen molar-refractivity contribution in [3.63, 3.8) is 0 Å². The second kappa shape index (κ2) is 57.4. The van der Waals surface area contributed by atoms with Crippen molar-refractivity contribution in [2.45, 2.75) is 309 Å². The summed E-state index contributed by atoms with van der Waals surface area (Å²) in [5.74, 6) is -2.28. The van der Waals surface area contributed by atoms with Gasteiger partial charge in [-0.3, -0.25) is 9.59 Å². The van der Waals surface area contributed by atoms with Gasteiger partial charge < -0.3 is 33.3 Å². The molecule has 0 aliphatic heterocycles. The molecule has 0 rings (SSSR count). The van der Waals surface area contributed by atoms with Gasteiger partial charge in [0.1, 0.15) is 13.2 Å². The lowest BCUT2D eigenvalue weighted by molar-refractivity contribution is -0.870. The number of nitrogens with zero attached hydrogens (tertiary/aromatic N) is 1. The number of quaternary nitrogens is 1. The van der Waals surface area contributed by atoms with Crippen molar-refractivity contribution in [1.29, 1.82) is 0 Å². The van der Waals surface area contributed by atoms with Crippen LogP contribution < -0.4 is 5.11 Å². The molecule has 75 heavy (non-hydrogen) atoms. The summed E-state index contributed by atoms with van der Waals surface area (Å²) < 4.78 is 22.7. The van der Waals surface area contributed by atoms with Crippen LogP contribution in [0.15, 0.2) is 48.6 Å². The van der Waals surface area contributed by atoms with Crippen LogP contribution in [0.2, 0.25) is 0 Å². The van der Waals surface area contributed by atoms with Gasteiger partial charge in [-0.05, 0) is 77.0 Å². The Balaban J connectivity index is 3.98. The maximum Gasteiger partial charge on any atom is 0.306 e. The number of ether oxygens (including phenoxy) is 4. The van der Waals surface area contributed by atoms with Gasteiger partial charge >= 0.3 is 11.9 Å². The number of carbonyl (C=O) groups is 3. The van der Waals surface area contributed by atoms with E-state index < -0.39 is 24.3 Å². The van der Waals surface area contributed by atoms with E-state index in [1.807, 2.05) is 21.1 Å². The number of rotatable bonds is 59. The van der Waals surface area contributed by atoms with E-state index in [1.54, 1.807) is 0 Å². The largest absolute Gasteiger partial charge is 0.545 e. The number of aliphatic carboxylic acids is 1. The first kappa shape index (κ1) is 72.2. The van der Waals surface area contributed by atoms with E-state index in [2.05, 4.69) is 62.5 Å². The minimum absolute atomic E-state index is 0.148. The predicted molar refractivity (Wildman–Crippen MR) is 315 cm³/mol. The Hall–Kier alpha value is -2.75. The van der Waals surface area contributed by atoms with Crippen LogP contribution in [0.3, 0.4) is 0 Å². The van der Waals surface area contributed by atoms with Gasteiger partial charge in [0.2, 0.25) is 0 Å². The molecule has 438 valence electrons. The van der Waals surface area contributed by atoms with Crippen molar-refractivity contribution in [2.24, 2.45) is 0 Å². The Bertz CT molecular complexity index is 1370. The molecule has 0 saturated heterocycles. The third-order valence-corrected chi connectivity index (χ3v) is 14.0. The monoisotopic (exact) mass is 1060 g/mol. The van der Waals surface area contributed by atoms with Crippen molar-refractivity contribution < 1.29 is 42.9 Å². The summed E-state index contributed by atoms with van der Waals surface area (Å²) in [6.07, 6.45) is 69.1. The number of carboxylic acid groups (broad SMARTS) is 1. The summed E-state index contributed by atoms with van der Waals surface area (Å²) in [7, 11) is 5.92. The molecule has 2 atom stereocenters. The van der Waals surface area contributed by atoms with Gasteiger partial charge in [0.15, 0.2) is 12.4 Å². The van der Waals surface area contributed by atoms with E-state index in [4.69, 9.17) is 18.9 Å². The standard InChI is InChI=1S/C66H121NO8/c1-6-8-10-12-14-16-18-20-21-22-23-24-25-26-27-28-29-30-31-32-33-34-35-36-37-38-39-40-41-42-43-45-47-49-51-53-55-57-64(69)75-62(61-74-66(65(70)71)72-59-58-67(3,4)5)60-73-63(68)56-54-52-50-48-46-44-19-17-15-13-11-9-7-2/h17-20,22-23,25-26,62,66H,6-16,21,24,27-61H2,1-5H3/b19-17-,20-18-,23-22-,26-25-. The average Bonchev–Trinajstić information content (AvgIpc) is 3.38. The number of hydrogen-bond donors (Lipinski definition) is 0. The number of likely N-dealkylation sites (N-methyl/N-ethyl adjacent to an activating group) is 1. The Morgan fingerprint density at radius 1 is 0.400 bits per heavy atom. The van der Waals surface area contributed by atoms with Crippen LogP contribution >= 0.6 is 0 Å². The molecule has 0 spiro atoms. The molecular formula is C66H121NO8. The van der Waals surface area contributed by atoms with Gasteiger partial charge in [0, 0.05) is 12.8 Å². The molecule has 0 aliphatic rings. The van der Waals surface area contributed by atoms with E-state index in [0.717, 1.165) is 64.2 Å². The van der Waals surface area contributed by atoms with Crippen molar-refractivity contribution in [1.82, 2.24) is 0 Å². The SMILES string of the molecule is CCCCCC/C=C\CCCCCCCC(=O)OCC(COC(OCC[N+](C)(C)C)C(=O)[O-])OC(=O)CCCCCCCCCCCCCCCCCCCCCCCC/C=C\C/C=C\C/C=C\CCCCCCC. The lowest BCUT2D eigenvalue weighted by atomic mass is 10.0. The topological polar surface area (TPSA) is 111 Å². The molecule has 0 aromatic heterocycles. The number of allylic oxidation sites excluding steroid dienone is 8. The van der Waals surface area contributed by atoms with Crippen LogP contribution in [0.4, 0.5) is 0 Å². The first-order valence-electron chi connectivity index (χ1n) is 31.8. The molecule has 0 heterocycles. The highest BCUT2D eigenvalue weighted by Gasteiger charge is 2.22. The van der Waals surface area contributed by atoms with E-state index in [1.165, 1.54) is 199 Å². The molecule has 0 aliphatic carbocycles. The van der Waals surface area contributed by atoms with Crippen LogP contribution in [0.1, 0.15) is 296 Å². The molecule has 9 heteroatoms. The molecule has 0 fully saturated rings. The van der Waals surface area contributed by atoms with E-state index in [9.17, 15) is 19.5 Å². The van der Waals surface area contributed by atoms with Gasteiger partial charge in [0.25, 0.3) is 0 Å². The van der Waals surface area contributed by atoms with Gasteiger partial charge in [-0.25, -0.2) is 0 Å². The predicted octanol–water partition coefficient (Wildman–Crippen LogP) is 17.7. The second-order valence-electron chi connectivity index (χ2n) is 22.7. The van der Waals surface area contributed by atoms with Gasteiger partial charge in [-0.15, -0.1) is 0 Å². The minimum atomic E-state index is -1.62. The highest BCUT2D eigenvalue weighted by Crippen LogP contribution is 2.17. The molecular weight excluding hydrogens is 935 g/mol. The highest BCUT2D eigenvalue weighted by molar-refractivity contribution is 5.70. The number of carbonyl (C=O) groups excluding carboxylic acids is 3. The molecule has 0 bridgehead atoms. The van der Waals surface area contributed by atoms with Crippen molar-refractivity contribution in [3.8, 4) is 0 Å². The summed E-state index contributed by atoms with van der Waals surface area (Å²) in [5.41, 5.74) is 0. The molecule has 0 aromatic carbocycles. The maximum atomic E-state index is 12.9. The zero-order valence-corrected chi connectivity index (χ0v) is 49.9. The zero-order valence-electron chi connectivity index (χ0n) is 49.9. The summed E-state index contributed by atoms with van der Waals surface area (Å²) in [6.45, 7) is 4.74. The molecule has 0 N–H and O–H groups in total. The number of carboxylic acids is 1. The van der Waals surface area contributed by atoms with E-state index >= 15 is 0 Å². The number of esters is 2. The summed E-state index contributed by atoms with van der Waals surface area (Å²) in [6, 6.07) is 0. The highest BCUT2D eigenvalue weighted by atomic mass is 16.7. The van der Waals surface area contributed by atoms with Crippen LogP contribution in [0, 0.1) is 0 Å². The van der Waals surface area contributed by atoms with Crippen LogP contribution in [-0.4, -0.2) is 82.3 Å². The van der Waals surface area contributed by atoms with Crippen LogP contribution in [0.25, 0.3) is 0 Å². The van der Waals surface area contributed by atoms with Crippen LogP contribution in [-0.2, 0) is 33.3 Å². The Morgan fingerprint density at radius 2 is 0.720 bits per heavy atom. The molecule has 0 aromatic rings. The summed E-state index contributed by atoms with van der Waals surface area (Å²) in [5, 5.41) is 11.8. The molecule has 2 unspecified atom stereocenters. The number of hydrogen-bond acceptors (Lipinski definition) is 8.